The molecule has 2 heteroatoms. The lowest BCUT2D eigenvalue weighted by molar-refractivity contribution is 0.792. The van der Waals surface area contributed by atoms with Crippen molar-refractivity contribution in [3.05, 3.63) is 45.6 Å². The molecule has 0 atom stereocenters. The Morgan fingerprint density at radius 2 is 1.55 bits per heavy atom. The van der Waals surface area contributed by atoms with E-state index >= 15 is 0 Å². The molecule has 22 heavy (non-hydrogen) atoms. The fourth-order valence-electron chi connectivity index (χ4n) is 3.62. The van der Waals surface area contributed by atoms with Crippen LogP contribution in [0.5, 0.6) is 0 Å². The van der Waals surface area contributed by atoms with Gasteiger partial charge in [0.25, 0.3) is 0 Å². The third-order valence-corrected chi connectivity index (χ3v) is 6.63. The van der Waals surface area contributed by atoms with E-state index in [0.29, 0.717) is 0 Å². The van der Waals surface area contributed by atoms with Crippen LogP contribution in [0.4, 0.5) is 0 Å². The lowest BCUT2D eigenvalue weighted by Crippen LogP contribution is -1.94. The predicted octanol–water partition coefficient (Wildman–Crippen LogP) is 7.23. The van der Waals surface area contributed by atoms with Gasteiger partial charge in [-0.3, -0.25) is 0 Å². The number of aryl methyl sites for hydroxylation is 3. The maximum absolute atomic E-state index is 2.44. The van der Waals surface area contributed by atoms with Crippen molar-refractivity contribution in [3.63, 3.8) is 0 Å². The molecule has 0 N–H and O–H groups in total. The number of unbranched alkanes of at least 4 members (excludes halogenated alkanes) is 1. The molecule has 0 nitrogen and oxygen atoms in total. The summed E-state index contributed by atoms with van der Waals surface area (Å²) in [4.78, 5) is 0. The largest absolute Gasteiger partial charge is 0.143 e. The van der Waals surface area contributed by atoms with E-state index in [1.807, 2.05) is 22.7 Å². The van der Waals surface area contributed by atoms with Crippen LogP contribution in [0.3, 0.4) is 0 Å². The van der Waals surface area contributed by atoms with Crippen LogP contribution in [0.25, 0.3) is 30.9 Å². The van der Waals surface area contributed by atoms with E-state index < -0.39 is 0 Å². The topological polar surface area (TPSA) is 0 Å². The predicted molar refractivity (Wildman–Crippen MR) is 103 cm³/mol. The van der Waals surface area contributed by atoms with Crippen molar-refractivity contribution in [2.75, 3.05) is 0 Å². The maximum atomic E-state index is 2.44. The highest BCUT2D eigenvalue weighted by Crippen LogP contribution is 2.43. The lowest BCUT2D eigenvalue weighted by atomic mass is 9.92. The molecular formula is C20H20S2. The van der Waals surface area contributed by atoms with Gasteiger partial charge in [0, 0.05) is 30.9 Å². The third kappa shape index (κ3) is 1.94. The van der Waals surface area contributed by atoms with Crippen molar-refractivity contribution in [3.8, 4) is 0 Å². The van der Waals surface area contributed by atoms with Gasteiger partial charge < -0.3 is 0 Å². The standard InChI is InChI=1S/C20H20S2/c1-4-5-6-14-11-12(2)17-18(13(14)3)20-16(8-10-22-20)15-7-9-21-19(15)17/h7-11H,4-6H2,1-3H3. The highest BCUT2D eigenvalue weighted by Gasteiger charge is 2.16. The zero-order valence-electron chi connectivity index (χ0n) is 13.3. The van der Waals surface area contributed by atoms with Crippen molar-refractivity contribution in [2.45, 2.75) is 40.0 Å². The van der Waals surface area contributed by atoms with Crippen LogP contribution in [0, 0.1) is 13.8 Å². The summed E-state index contributed by atoms with van der Waals surface area (Å²) in [6.45, 7) is 6.89. The van der Waals surface area contributed by atoms with Crippen molar-refractivity contribution in [1.82, 2.24) is 0 Å². The second-order valence-corrected chi connectivity index (χ2v) is 7.99. The Bertz CT molecular complexity index is 985. The molecule has 0 spiro atoms. The third-order valence-electron chi connectivity index (χ3n) is 4.77. The average Bonchev–Trinajstić information content (AvgIpc) is 3.15. The van der Waals surface area contributed by atoms with Crippen LogP contribution in [-0.4, -0.2) is 0 Å². The molecule has 4 aromatic rings. The highest BCUT2D eigenvalue weighted by atomic mass is 32.1. The Balaban J connectivity index is 2.20. The van der Waals surface area contributed by atoms with Gasteiger partial charge in [0.1, 0.15) is 0 Å². The van der Waals surface area contributed by atoms with Crippen LogP contribution >= 0.6 is 22.7 Å². The Morgan fingerprint density at radius 1 is 0.909 bits per heavy atom. The summed E-state index contributed by atoms with van der Waals surface area (Å²) in [6, 6.07) is 7.02. The van der Waals surface area contributed by atoms with E-state index in [1.165, 1.54) is 66.9 Å². The Kier molecular flexibility index (Phi) is 3.47. The zero-order valence-corrected chi connectivity index (χ0v) is 15.0. The molecule has 2 aromatic carbocycles. The van der Waals surface area contributed by atoms with Crippen molar-refractivity contribution in [1.29, 1.82) is 0 Å². The second-order valence-electron chi connectivity index (χ2n) is 6.16. The summed E-state index contributed by atoms with van der Waals surface area (Å²) in [7, 11) is 0. The van der Waals surface area contributed by atoms with E-state index in [2.05, 4.69) is 49.7 Å². The first-order valence-electron chi connectivity index (χ1n) is 8.01. The van der Waals surface area contributed by atoms with Gasteiger partial charge in [0.05, 0.1) is 0 Å². The van der Waals surface area contributed by atoms with Gasteiger partial charge in [-0.2, -0.15) is 0 Å². The number of fused-ring (bicyclic) bond motifs is 6. The Labute approximate surface area is 139 Å². The zero-order chi connectivity index (χ0) is 15.3. The molecule has 0 aliphatic carbocycles. The molecule has 4 rings (SSSR count). The smallest absolute Gasteiger partial charge is 0.0431 e. The summed E-state index contributed by atoms with van der Waals surface area (Å²) < 4.78 is 2.93. The van der Waals surface area contributed by atoms with Gasteiger partial charge in [-0.25, -0.2) is 0 Å². The van der Waals surface area contributed by atoms with Crippen molar-refractivity contribution >= 4 is 53.6 Å². The molecule has 112 valence electrons. The van der Waals surface area contributed by atoms with Crippen LogP contribution in [0.1, 0.15) is 36.5 Å². The first-order valence-corrected chi connectivity index (χ1v) is 9.77. The molecular weight excluding hydrogens is 304 g/mol. The van der Waals surface area contributed by atoms with E-state index in [-0.39, 0.29) is 0 Å². The van der Waals surface area contributed by atoms with Crippen LogP contribution in [0.15, 0.2) is 29.0 Å². The number of hydrogen-bond acceptors (Lipinski definition) is 2. The Morgan fingerprint density at radius 3 is 2.18 bits per heavy atom. The summed E-state index contributed by atoms with van der Waals surface area (Å²) in [5.41, 5.74) is 4.48. The molecule has 0 aliphatic rings. The Hall–Kier alpha value is -1.38. The van der Waals surface area contributed by atoms with Gasteiger partial charge in [0.15, 0.2) is 0 Å². The highest BCUT2D eigenvalue weighted by molar-refractivity contribution is 7.20. The minimum atomic E-state index is 1.20. The first kappa shape index (κ1) is 14.2. The van der Waals surface area contributed by atoms with Gasteiger partial charge in [-0.1, -0.05) is 19.4 Å². The molecule has 0 aliphatic heterocycles. The van der Waals surface area contributed by atoms with E-state index in [1.54, 1.807) is 0 Å². The SMILES string of the molecule is CCCCc1cc(C)c2c3sccc3c3ccsc3c2c1C. The molecule has 0 radical (unpaired) electrons. The fourth-order valence-corrected chi connectivity index (χ4v) is 5.66. The second kappa shape index (κ2) is 5.36. The molecule has 0 fully saturated rings. The lowest BCUT2D eigenvalue weighted by Gasteiger charge is -2.14. The van der Waals surface area contributed by atoms with Crippen molar-refractivity contribution in [2.24, 2.45) is 0 Å². The van der Waals surface area contributed by atoms with Gasteiger partial charge in [0.2, 0.25) is 0 Å². The molecule has 0 unspecified atom stereocenters. The van der Waals surface area contributed by atoms with Gasteiger partial charge in [-0.05, 0) is 66.3 Å². The first-order chi connectivity index (χ1) is 10.7. The van der Waals surface area contributed by atoms with Crippen LogP contribution in [0.2, 0.25) is 0 Å². The molecule has 0 amide bonds. The van der Waals surface area contributed by atoms with Crippen LogP contribution in [-0.2, 0) is 6.42 Å². The summed E-state index contributed by atoms with van der Waals surface area (Å²) in [5.74, 6) is 0. The molecule has 2 heterocycles. The summed E-state index contributed by atoms with van der Waals surface area (Å²) in [5, 5.41) is 10.3. The number of rotatable bonds is 3. The monoisotopic (exact) mass is 324 g/mol. The minimum absolute atomic E-state index is 1.20. The number of thiophene rings is 2. The minimum Gasteiger partial charge on any atom is -0.143 e. The summed E-state index contributed by atoms with van der Waals surface area (Å²) in [6.07, 6.45) is 3.74. The molecule has 0 bridgehead atoms. The van der Waals surface area contributed by atoms with E-state index in [4.69, 9.17) is 0 Å². The van der Waals surface area contributed by atoms with Crippen molar-refractivity contribution < 1.29 is 0 Å². The molecule has 2 aromatic heterocycles. The summed E-state index contributed by atoms with van der Waals surface area (Å²) >= 11 is 3.78. The maximum Gasteiger partial charge on any atom is 0.0431 e. The number of benzene rings is 2. The number of hydrogen-bond donors (Lipinski definition) is 0. The fraction of sp³-hybridized carbons (Fsp3) is 0.300. The normalized spacial score (nSPS) is 12.0. The van der Waals surface area contributed by atoms with E-state index in [0.717, 1.165) is 0 Å². The van der Waals surface area contributed by atoms with Crippen LogP contribution < -0.4 is 0 Å². The van der Waals surface area contributed by atoms with E-state index in [9.17, 15) is 0 Å². The molecule has 0 saturated heterocycles. The van der Waals surface area contributed by atoms with Gasteiger partial charge in [-0.15, -0.1) is 22.7 Å². The molecule has 0 saturated carbocycles. The van der Waals surface area contributed by atoms with Gasteiger partial charge >= 0.3 is 0 Å². The average molecular weight is 325 g/mol. The quantitative estimate of drug-likeness (QED) is 0.373.